The molecule has 5 heteroatoms. The lowest BCUT2D eigenvalue weighted by Gasteiger charge is -2.21. The topological polar surface area (TPSA) is 36.3 Å². The van der Waals surface area contributed by atoms with E-state index in [9.17, 15) is 0 Å². The normalized spacial score (nSPS) is 22.7. The van der Waals surface area contributed by atoms with E-state index in [1.807, 2.05) is 24.3 Å². The third-order valence-corrected chi connectivity index (χ3v) is 3.35. The van der Waals surface area contributed by atoms with Crippen LogP contribution in [0.4, 0.5) is 0 Å². The SMILES string of the molecule is C=C1N(CC2CO2)N=C(c2cccn2C)N1CC. The molecule has 0 aliphatic carbocycles. The maximum atomic E-state index is 5.26. The molecule has 3 heterocycles. The van der Waals surface area contributed by atoms with Crippen LogP contribution in [0.5, 0.6) is 0 Å². The minimum absolute atomic E-state index is 0.317. The molecule has 1 fully saturated rings. The van der Waals surface area contributed by atoms with Crippen LogP contribution in [-0.4, -0.2) is 46.1 Å². The predicted molar refractivity (Wildman–Crippen MR) is 69.9 cm³/mol. The highest BCUT2D eigenvalue weighted by molar-refractivity contribution is 5.99. The van der Waals surface area contributed by atoms with Crippen molar-refractivity contribution in [3.8, 4) is 0 Å². The quantitative estimate of drug-likeness (QED) is 0.749. The van der Waals surface area contributed by atoms with Gasteiger partial charge in [0.25, 0.3) is 0 Å². The predicted octanol–water partition coefficient (Wildman–Crippen LogP) is 1.19. The number of epoxide rings is 1. The van der Waals surface area contributed by atoms with Gasteiger partial charge in [-0.3, -0.25) is 0 Å². The summed E-state index contributed by atoms with van der Waals surface area (Å²) in [4.78, 5) is 2.14. The van der Waals surface area contributed by atoms with Gasteiger partial charge < -0.3 is 14.2 Å². The fraction of sp³-hybridized carbons (Fsp3) is 0.462. The number of aromatic nitrogens is 1. The Hall–Kier alpha value is -1.75. The van der Waals surface area contributed by atoms with Crippen LogP contribution in [0.25, 0.3) is 0 Å². The fourth-order valence-corrected chi connectivity index (χ4v) is 2.22. The molecule has 0 saturated carbocycles. The maximum absolute atomic E-state index is 5.26. The molecular weight excluding hydrogens is 228 g/mol. The molecule has 0 aromatic carbocycles. The summed E-state index contributed by atoms with van der Waals surface area (Å²) in [7, 11) is 2.03. The van der Waals surface area contributed by atoms with Crippen LogP contribution < -0.4 is 0 Å². The average Bonchev–Trinajstić information content (AvgIpc) is 2.99. The van der Waals surface area contributed by atoms with E-state index >= 15 is 0 Å². The Morgan fingerprint density at radius 3 is 2.89 bits per heavy atom. The van der Waals surface area contributed by atoms with Gasteiger partial charge in [-0.25, -0.2) is 5.01 Å². The van der Waals surface area contributed by atoms with Crippen LogP contribution >= 0.6 is 0 Å². The maximum Gasteiger partial charge on any atom is 0.178 e. The standard InChI is InChI=1S/C13H18N4O/c1-4-16-10(2)17(8-11-9-18-11)14-13(16)12-6-5-7-15(12)3/h5-7,11H,2,4,8-9H2,1,3H3. The highest BCUT2D eigenvalue weighted by Gasteiger charge is 2.33. The van der Waals surface area contributed by atoms with Crippen LogP contribution in [0.15, 0.2) is 35.8 Å². The molecule has 3 rings (SSSR count). The van der Waals surface area contributed by atoms with Crippen LogP contribution in [0.1, 0.15) is 12.6 Å². The lowest BCUT2D eigenvalue weighted by atomic mass is 10.3. The molecule has 0 bridgehead atoms. The van der Waals surface area contributed by atoms with Crippen molar-refractivity contribution >= 4 is 5.84 Å². The van der Waals surface area contributed by atoms with Gasteiger partial charge in [0, 0.05) is 19.8 Å². The molecule has 18 heavy (non-hydrogen) atoms. The van der Waals surface area contributed by atoms with E-state index in [0.29, 0.717) is 6.10 Å². The second-order valence-corrected chi connectivity index (χ2v) is 4.63. The highest BCUT2D eigenvalue weighted by Crippen LogP contribution is 2.25. The number of hydrazone groups is 1. The molecule has 1 saturated heterocycles. The van der Waals surface area contributed by atoms with Gasteiger partial charge in [0.1, 0.15) is 11.9 Å². The first kappa shape index (κ1) is 11.3. The van der Waals surface area contributed by atoms with Gasteiger partial charge in [-0.15, -0.1) is 0 Å². The van der Waals surface area contributed by atoms with Crippen LogP contribution in [0, 0.1) is 0 Å². The minimum Gasteiger partial charge on any atom is -0.371 e. The van der Waals surface area contributed by atoms with Gasteiger partial charge in [0.05, 0.1) is 18.8 Å². The van der Waals surface area contributed by atoms with Gasteiger partial charge in [-0.2, -0.15) is 5.10 Å². The monoisotopic (exact) mass is 246 g/mol. The summed E-state index contributed by atoms with van der Waals surface area (Å²) >= 11 is 0. The molecule has 0 radical (unpaired) electrons. The summed E-state index contributed by atoms with van der Waals surface area (Å²) in [6.45, 7) is 8.74. The molecule has 1 aromatic rings. The Morgan fingerprint density at radius 2 is 2.33 bits per heavy atom. The van der Waals surface area contributed by atoms with Gasteiger partial charge in [-0.1, -0.05) is 6.58 Å². The molecular formula is C13H18N4O. The molecule has 1 aromatic heterocycles. The van der Waals surface area contributed by atoms with Gasteiger partial charge in [0.15, 0.2) is 5.84 Å². The summed E-state index contributed by atoms with van der Waals surface area (Å²) < 4.78 is 7.34. The van der Waals surface area contributed by atoms with Crippen molar-refractivity contribution in [2.24, 2.45) is 12.1 Å². The number of aryl methyl sites for hydroxylation is 1. The first-order valence-corrected chi connectivity index (χ1v) is 6.26. The zero-order valence-electron chi connectivity index (χ0n) is 10.8. The minimum atomic E-state index is 0.317. The van der Waals surface area contributed by atoms with Crippen LogP contribution in [-0.2, 0) is 11.8 Å². The molecule has 1 unspecified atom stereocenters. The van der Waals surface area contributed by atoms with Crippen molar-refractivity contribution in [2.45, 2.75) is 13.0 Å². The molecule has 2 aliphatic rings. The Morgan fingerprint density at radius 1 is 1.56 bits per heavy atom. The number of ether oxygens (including phenoxy) is 1. The fourth-order valence-electron chi connectivity index (χ4n) is 2.22. The van der Waals surface area contributed by atoms with E-state index in [2.05, 4.69) is 34.1 Å². The van der Waals surface area contributed by atoms with E-state index in [4.69, 9.17) is 4.74 Å². The lowest BCUT2D eigenvalue weighted by Crippen LogP contribution is -2.30. The first-order valence-electron chi connectivity index (χ1n) is 6.26. The summed E-state index contributed by atoms with van der Waals surface area (Å²) in [5.74, 6) is 1.90. The Kier molecular flexibility index (Phi) is 2.63. The van der Waals surface area contributed by atoms with Crippen molar-refractivity contribution < 1.29 is 4.74 Å². The summed E-state index contributed by atoms with van der Waals surface area (Å²) in [5, 5.41) is 6.63. The van der Waals surface area contributed by atoms with E-state index in [1.54, 1.807) is 0 Å². The summed E-state index contributed by atoms with van der Waals surface area (Å²) in [6.07, 6.45) is 2.35. The first-order chi connectivity index (χ1) is 8.70. The second-order valence-electron chi connectivity index (χ2n) is 4.63. The number of nitrogens with zero attached hydrogens (tertiary/aromatic N) is 4. The zero-order valence-corrected chi connectivity index (χ0v) is 10.8. The van der Waals surface area contributed by atoms with Crippen molar-refractivity contribution in [1.82, 2.24) is 14.5 Å². The number of hydrogen-bond acceptors (Lipinski definition) is 4. The molecule has 96 valence electrons. The summed E-state index contributed by atoms with van der Waals surface area (Å²) in [6, 6.07) is 4.10. The Balaban J connectivity index is 1.90. The number of hydrogen-bond donors (Lipinski definition) is 0. The Bertz CT molecular complexity index is 501. The smallest absolute Gasteiger partial charge is 0.178 e. The van der Waals surface area contributed by atoms with Gasteiger partial charge in [-0.05, 0) is 19.1 Å². The molecule has 0 N–H and O–H groups in total. The van der Waals surface area contributed by atoms with Crippen LogP contribution in [0.2, 0.25) is 0 Å². The molecule has 0 spiro atoms. The van der Waals surface area contributed by atoms with E-state index in [-0.39, 0.29) is 0 Å². The molecule has 2 aliphatic heterocycles. The van der Waals surface area contributed by atoms with E-state index in [0.717, 1.165) is 37.0 Å². The Labute approximate surface area is 107 Å². The third-order valence-electron chi connectivity index (χ3n) is 3.35. The van der Waals surface area contributed by atoms with Crippen LogP contribution in [0.3, 0.4) is 0 Å². The van der Waals surface area contributed by atoms with Crippen molar-refractivity contribution in [2.75, 3.05) is 19.7 Å². The van der Waals surface area contributed by atoms with Gasteiger partial charge >= 0.3 is 0 Å². The summed E-state index contributed by atoms with van der Waals surface area (Å²) in [5.41, 5.74) is 1.11. The lowest BCUT2D eigenvalue weighted by molar-refractivity contribution is 0.281. The van der Waals surface area contributed by atoms with Crippen molar-refractivity contribution in [3.05, 3.63) is 36.4 Å². The second kappa shape index (κ2) is 4.17. The molecule has 0 amide bonds. The third kappa shape index (κ3) is 1.80. The van der Waals surface area contributed by atoms with Crippen molar-refractivity contribution in [1.29, 1.82) is 0 Å². The van der Waals surface area contributed by atoms with E-state index in [1.165, 1.54) is 0 Å². The number of rotatable bonds is 4. The zero-order chi connectivity index (χ0) is 12.7. The highest BCUT2D eigenvalue weighted by atomic mass is 16.6. The van der Waals surface area contributed by atoms with Gasteiger partial charge in [0.2, 0.25) is 0 Å². The average molecular weight is 246 g/mol. The largest absolute Gasteiger partial charge is 0.371 e. The van der Waals surface area contributed by atoms with E-state index < -0.39 is 0 Å². The van der Waals surface area contributed by atoms with Crippen molar-refractivity contribution in [3.63, 3.8) is 0 Å². The molecule has 5 nitrogen and oxygen atoms in total. The number of amidine groups is 1. The molecule has 1 atom stereocenters.